The second kappa shape index (κ2) is 6.18. The molecule has 0 saturated heterocycles. The smallest absolute Gasteiger partial charge is 0.316 e. The Morgan fingerprint density at radius 1 is 1.53 bits per heavy atom. The van der Waals surface area contributed by atoms with Crippen LogP contribution < -0.4 is 0 Å². The molecule has 1 aromatic rings. The third kappa shape index (κ3) is 3.87. The molecule has 0 aliphatic rings. The molecule has 1 rings (SSSR count). The standard InChI is InChI=1S/C11H13BrO2S/c1-2-10(11(13)14)15-7-8-5-3-4-6-9(8)12/h3-6,10H,2,7H2,1H3,(H,13,14). The molecule has 0 spiro atoms. The lowest BCUT2D eigenvalue weighted by Crippen LogP contribution is -2.15. The minimum atomic E-state index is -0.727. The summed E-state index contributed by atoms with van der Waals surface area (Å²) in [5.41, 5.74) is 1.14. The molecule has 2 nitrogen and oxygen atoms in total. The summed E-state index contributed by atoms with van der Waals surface area (Å²) in [6, 6.07) is 7.89. The van der Waals surface area contributed by atoms with Crippen molar-refractivity contribution in [2.75, 3.05) is 0 Å². The quantitative estimate of drug-likeness (QED) is 0.900. The van der Waals surface area contributed by atoms with Gasteiger partial charge in [-0.2, -0.15) is 0 Å². The maximum Gasteiger partial charge on any atom is 0.316 e. The molecular weight excluding hydrogens is 276 g/mol. The molecule has 0 aliphatic heterocycles. The van der Waals surface area contributed by atoms with E-state index in [1.165, 1.54) is 11.8 Å². The number of thioether (sulfide) groups is 1. The van der Waals surface area contributed by atoms with Gasteiger partial charge >= 0.3 is 5.97 Å². The molecule has 0 heterocycles. The highest BCUT2D eigenvalue weighted by Gasteiger charge is 2.15. The number of carboxylic acid groups (broad SMARTS) is 1. The summed E-state index contributed by atoms with van der Waals surface area (Å²) in [5.74, 6) is 0.00114. The number of hydrogen-bond donors (Lipinski definition) is 1. The number of halogens is 1. The van der Waals surface area contributed by atoms with Crippen LogP contribution in [0.2, 0.25) is 0 Å². The van der Waals surface area contributed by atoms with Crippen LogP contribution >= 0.6 is 27.7 Å². The monoisotopic (exact) mass is 288 g/mol. The van der Waals surface area contributed by atoms with Crippen molar-refractivity contribution in [2.45, 2.75) is 24.3 Å². The van der Waals surface area contributed by atoms with Gasteiger partial charge in [0.1, 0.15) is 5.25 Å². The molecule has 1 aromatic carbocycles. The van der Waals surface area contributed by atoms with Crippen LogP contribution in [0.5, 0.6) is 0 Å². The average Bonchev–Trinajstić information content (AvgIpc) is 2.21. The third-order valence-electron chi connectivity index (χ3n) is 2.04. The maximum absolute atomic E-state index is 10.8. The van der Waals surface area contributed by atoms with Gasteiger partial charge in [0.25, 0.3) is 0 Å². The minimum Gasteiger partial charge on any atom is -0.480 e. The summed E-state index contributed by atoms with van der Waals surface area (Å²) in [6.45, 7) is 1.89. The minimum absolute atomic E-state index is 0.308. The molecule has 0 radical (unpaired) electrons. The maximum atomic E-state index is 10.8. The lowest BCUT2D eigenvalue weighted by Gasteiger charge is -2.09. The normalized spacial score (nSPS) is 12.4. The number of rotatable bonds is 5. The molecule has 1 atom stereocenters. The molecule has 1 unspecified atom stereocenters. The van der Waals surface area contributed by atoms with Gasteiger partial charge < -0.3 is 5.11 Å². The Hall–Kier alpha value is -0.480. The molecule has 0 bridgehead atoms. The predicted octanol–water partition coefficient (Wildman–Crippen LogP) is 3.55. The van der Waals surface area contributed by atoms with E-state index in [1.807, 2.05) is 31.2 Å². The van der Waals surface area contributed by atoms with E-state index in [9.17, 15) is 4.79 Å². The number of benzene rings is 1. The Kier molecular flexibility index (Phi) is 5.19. The van der Waals surface area contributed by atoms with Crippen LogP contribution in [0.25, 0.3) is 0 Å². The number of hydrogen-bond acceptors (Lipinski definition) is 2. The zero-order chi connectivity index (χ0) is 11.3. The van der Waals surface area contributed by atoms with Gasteiger partial charge in [0.2, 0.25) is 0 Å². The van der Waals surface area contributed by atoms with E-state index < -0.39 is 5.97 Å². The van der Waals surface area contributed by atoms with Crippen molar-refractivity contribution in [1.82, 2.24) is 0 Å². The zero-order valence-electron chi connectivity index (χ0n) is 8.44. The van der Waals surface area contributed by atoms with Crippen LogP contribution in [0.3, 0.4) is 0 Å². The van der Waals surface area contributed by atoms with E-state index in [2.05, 4.69) is 15.9 Å². The van der Waals surface area contributed by atoms with E-state index >= 15 is 0 Å². The van der Waals surface area contributed by atoms with Crippen LogP contribution in [-0.2, 0) is 10.5 Å². The first-order valence-corrected chi connectivity index (χ1v) is 6.57. The first kappa shape index (κ1) is 12.6. The summed E-state index contributed by atoms with van der Waals surface area (Å²) < 4.78 is 1.04. The molecule has 82 valence electrons. The predicted molar refractivity (Wildman–Crippen MR) is 67.2 cm³/mol. The Bertz CT molecular complexity index is 341. The van der Waals surface area contributed by atoms with E-state index in [1.54, 1.807) is 0 Å². The lowest BCUT2D eigenvalue weighted by molar-refractivity contribution is -0.136. The molecule has 4 heteroatoms. The highest BCUT2D eigenvalue weighted by molar-refractivity contribution is 9.10. The van der Waals surface area contributed by atoms with Crippen molar-refractivity contribution in [3.63, 3.8) is 0 Å². The largest absolute Gasteiger partial charge is 0.480 e. The fourth-order valence-electron chi connectivity index (χ4n) is 1.17. The molecule has 0 aromatic heterocycles. The Balaban J connectivity index is 2.56. The second-order valence-electron chi connectivity index (χ2n) is 3.14. The van der Waals surface area contributed by atoms with Crippen molar-refractivity contribution in [3.05, 3.63) is 34.3 Å². The molecule has 1 N–H and O–H groups in total. The number of aliphatic carboxylic acids is 1. The van der Waals surface area contributed by atoms with E-state index in [0.29, 0.717) is 6.42 Å². The average molecular weight is 289 g/mol. The van der Waals surface area contributed by atoms with E-state index in [4.69, 9.17) is 5.11 Å². The van der Waals surface area contributed by atoms with Gasteiger partial charge in [-0.25, -0.2) is 0 Å². The van der Waals surface area contributed by atoms with Gasteiger partial charge in [-0.15, -0.1) is 11.8 Å². The summed E-state index contributed by atoms with van der Waals surface area (Å²) >= 11 is 4.91. The topological polar surface area (TPSA) is 37.3 Å². The Morgan fingerprint density at radius 3 is 2.73 bits per heavy atom. The third-order valence-corrected chi connectivity index (χ3v) is 4.23. The van der Waals surface area contributed by atoms with Gasteiger partial charge in [-0.3, -0.25) is 4.79 Å². The fourth-order valence-corrected chi connectivity index (χ4v) is 2.79. The Labute approximate surface area is 102 Å². The van der Waals surface area contributed by atoms with Crippen molar-refractivity contribution in [2.24, 2.45) is 0 Å². The zero-order valence-corrected chi connectivity index (χ0v) is 10.8. The molecule has 0 amide bonds. The number of carbonyl (C=O) groups is 1. The van der Waals surface area contributed by atoms with Gasteiger partial charge in [-0.05, 0) is 18.1 Å². The second-order valence-corrected chi connectivity index (χ2v) is 5.18. The van der Waals surface area contributed by atoms with Crippen LogP contribution in [0.1, 0.15) is 18.9 Å². The van der Waals surface area contributed by atoms with Crippen molar-refractivity contribution < 1.29 is 9.90 Å². The van der Waals surface area contributed by atoms with Crippen molar-refractivity contribution >= 4 is 33.7 Å². The van der Waals surface area contributed by atoms with E-state index in [-0.39, 0.29) is 5.25 Å². The van der Waals surface area contributed by atoms with Gasteiger partial charge in [0, 0.05) is 10.2 Å². The highest BCUT2D eigenvalue weighted by Crippen LogP contribution is 2.25. The summed E-state index contributed by atoms with van der Waals surface area (Å²) in [5, 5.41) is 8.58. The van der Waals surface area contributed by atoms with Crippen LogP contribution in [-0.4, -0.2) is 16.3 Å². The van der Waals surface area contributed by atoms with Crippen LogP contribution in [0.4, 0.5) is 0 Å². The van der Waals surface area contributed by atoms with Gasteiger partial charge in [-0.1, -0.05) is 41.1 Å². The van der Waals surface area contributed by atoms with Crippen molar-refractivity contribution in [3.8, 4) is 0 Å². The molecule has 0 aliphatic carbocycles. The van der Waals surface area contributed by atoms with Crippen LogP contribution in [0, 0.1) is 0 Å². The number of carboxylic acids is 1. The summed E-state index contributed by atoms with van der Waals surface area (Å²) in [7, 11) is 0. The SMILES string of the molecule is CCC(SCc1ccccc1Br)C(=O)O. The van der Waals surface area contributed by atoms with Crippen molar-refractivity contribution in [1.29, 1.82) is 0 Å². The lowest BCUT2D eigenvalue weighted by atomic mass is 10.2. The first-order valence-electron chi connectivity index (χ1n) is 4.73. The first-order chi connectivity index (χ1) is 7.15. The van der Waals surface area contributed by atoms with Gasteiger partial charge in [0.15, 0.2) is 0 Å². The van der Waals surface area contributed by atoms with Crippen LogP contribution in [0.15, 0.2) is 28.7 Å². The van der Waals surface area contributed by atoms with E-state index in [0.717, 1.165) is 15.8 Å². The highest BCUT2D eigenvalue weighted by atomic mass is 79.9. The van der Waals surface area contributed by atoms with Gasteiger partial charge in [0.05, 0.1) is 0 Å². The molecule has 0 fully saturated rings. The molecule has 15 heavy (non-hydrogen) atoms. The molecular formula is C11H13BrO2S. The Morgan fingerprint density at radius 2 is 2.20 bits per heavy atom. The summed E-state index contributed by atoms with van der Waals surface area (Å²) in [4.78, 5) is 10.8. The fraction of sp³-hybridized carbons (Fsp3) is 0.364. The molecule has 0 saturated carbocycles. The summed E-state index contributed by atoms with van der Waals surface area (Å²) in [6.07, 6.45) is 0.657.